The van der Waals surface area contributed by atoms with E-state index in [2.05, 4.69) is 39.2 Å². The maximum absolute atomic E-state index is 13.4. The number of halogens is 2. The van der Waals surface area contributed by atoms with Gasteiger partial charge in [-0.1, -0.05) is 22.9 Å². The molecule has 0 amide bonds. The third-order valence-electron chi connectivity index (χ3n) is 3.21. The van der Waals surface area contributed by atoms with Crippen molar-refractivity contribution in [3.63, 3.8) is 0 Å². The Balaban J connectivity index is 2.27. The molecule has 0 saturated heterocycles. The largest absolute Gasteiger partial charge is 0.310 e. The number of nitrogens with one attached hydrogen (secondary N) is 1. The predicted octanol–water partition coefficient (Wildman–Crippen LogP) is 4.18. The predicted molar refractivity (Wildman–Crippen MR) is 83.2 cm³/mol. The van der Waals surface area contributed by atoms with Gasteiger partial charge in [0.1, 0.15) is 5.82 Å². The zero-order chi connectivity index (χ0) is 14.5. The normalized spacial score (nSPS) is 12.4. The molecular weight excluding hydrogens is 319 g/mol. The quantitative estimate of drug-likeness (QED) is 0.885. The minimum absolute atomic E-state index is 0.153. The molecule has 0 aliphatic carbocycles. The summed E-state index contributed by atoms with van der Waals surface area (Å²) >= 11 is 3.49. The number of nitrogens with zero attached hydrogens (tertiary/aromatic N) is 1. The monoisotopic (exact) mass is 336 g/mol. The first-order valence-electron chi connectivity index (χ1n) is 6.70. The minimum atomic E-state index is -0.204. The molecule has 0 radical (unpaired) electrons. The van der Waals surface area contributed by atoms with E-state index in [9.17, 15) is 4.39 Å². The smallest absolute Gasteiger partial charge is 0.123 e. The van der Waals surface area contributed by atoms with E-state index < -0.39 is 0 Å². The van der Waals surface area contributed by atoms with Crippen LogP contribution in [-0.4, -0.2) is 11.5 Å². The number of aromatic nitrogens is 1. The molecule has 0 saturated carbocycles. The van der Waals surface area contributed by atoms with Crippen molar-refractivity contribution in [1.82, 2.24) is 10.3 Å². The lowest BCUT2D eigenvalue weighted by molar-refractivity contribution is 0.545. The van der Waals surface area contributed by atoms with Crippen LogP contribution in [0.2, 0.25) is 0 Å². The summed E-state index contributed by atoms with van der Waals surface area (Å²) in [6, 6.07) is 9.04. The molecule has 0 aliphatic rings. The van der Waals surface area contributed by atoms with Crippen molar-refractivity contribution in [3.8, 4) is 0 Å². The average Bonchev–Trinajstić information content (AvgIpc) is 2.42. The maximum Gasteiger partial charge on any atom is 0.123 e. The van der Waals surface area contributed by atoms with Gasteiger partial charge in [0.05, 0.1) is 0 Å². The summed E-state index contributed by atoms with van der Waals surface area (Å²) < 4.78 is 14.3. The van der Waals surface area contributed by atoms with E-state index in [4.69, 9.17) is 0 Å². The third kappa shape index (κ3) is 3.87. The molecule has 2 rings (SSSR count). The van der Waals surface area contributed by atoms with Crippen molar-refractivity contribution >= 4 is 15.9 Å². The number of aryl methyl sites for hydroxylation is 1. The molecule has 1 aromatic heterocycles. The zero-order valence-corrected chi connectivity index (χ0v) is 13.2. The number of likely N-dealkylation sites (N-methyl/N-ethyl adjacent to an activating group) is 1. The molecule has 0 aliphatic heterocycles. The zero-order valence-electron chi connectivity index (χ0n) is 11.7. The maximum atomic E-state index is 13.4. The van der Waals surface area contributed by atoms with Gasteiger partial charge in [-0.3, -0.25) is 4.98 Å². The Morgan fingerprint density at radius 3 is 2.80 bits per heavy atom. The van der Waals surface area contributed by atoms with Gasteiger partial charge in [0.2, 0.25) is 0 Å². The molecular formula is C16H18BrFN2. The lowest BCUT2D eigenvalue weighted by Crippen LogP contribution is -2.23. The topological polar surface area (TPSA) is 24.9 Å². The Bertz CT molecular complexity index is 586. The summed E-state index contributed by atoms with van der Waals surface area (Å²) in [7, 11) is 0. The number of benzene rings is 1. The van der Waals surface area contributed by atoms with Crippen LogP contribution in [0.15, 0.2) is 41.0 Å². The molecule has 1 atom stereocenters. The highest BCUT2D eigenvalue weighted by Gasteiger charge is 2.14. The van der Waals surface area contributed by atoms with Crippen LogP contribution >= 0.6 is 15.9 Å². The highest BCUT2D eigenvalue weighted by atomic mass is 79.9. The highest BCUT2D eigenvalue weighted by molar-refractivity contribution is 9.10. The number of hydrogen-bond acceptors (Lipinski definition) is 2. The Morgan fingerprint density at radius 2 is 2.10 bits per heavy atom. The van der Waals surface area contributed by atoms with Crippen molar-refractivity contribution in [2.24, 2.45) is 0 Å². The lowest BCUT2D eigenvalue weighted by Gasteiger charge is -2.19. The molecule has 0 spiro atoms. The van der Waals surface area contributed by atoms with E-state index in [1.165, 1.54) is 11.6 Å². The average molecular weight is 337 g/mol. The molecule has 20 heavy (non-hydrogen) atoms. The lowest BCUT2D eigenvalue weighted by atomic mass is 9.99. The van der Waals surface area contributed by atoms with Crippen molar-refractivity contribution in [2.45, 2.75) is 26.3 Å². The molecule has 1 N–H and O–H groups in total. The Kier molecular flexibility index (Phi) is 5.26. The van der Waals surface area contributed by atoms with Crippen LogP contribution in [0.3, 0.4) is 0 Å². The fourth-order valence-electron chi connectivity index (χ4n) is 2.26. The van der Waals surface area contributed by atoms with Gasteiger partial charge in [0, 0.05) is 22.4 Å². The molecule has 1 heterocycles. The van der Waals surface area contributed by atoms with Gasteiger partial charge in [0.25, 0.3) is 0 Å². The van der Waals surface area contributed by atoms with Gasteiger partial charge in [-0.2, -0.15) is 0 Å². The van der Waals surface area contributed by atoms with Crippen LogP contribution in [0, 0.1) is 12.7 Å². The molecule has 0 fully saturated rings. The van der Waals surface area contributed by atoms with Gasteiger partial charge in [-0.15, -0.1) is 0 Å². The Hall–Kier alpha value is -1.26. The highest BCUT2D eigenvalue weighted by Crippen LogP contribution is 2.25. The van der Waals surface area contributed by atoms with E-state index >= 15 is 0 Å². The third-order valence-corrected chi connectivity index (χ3v) is 3.98. The summed E-state index contributed by atoms with van der Waals surface area (Å²) in [5.41, 5.74) is 3.13. The Morgan fingerprint density at radius 1 is 1.30 bits per heavy atom. The Labute approximate surface area is 127 Å². The molecule has 0 bridgehead atoms. The molecule has 106 valence electrons. The standard InChI is InChI=1S/C16H18BrFN2/c1-3-19-16(12-6-7-20-11(2)8-12)10-13-9-14(18)4-5-15(13)17/h4-9,16,19H,3,10H2,1-2H3. The molecule has 2 aromatic rings. The van der Waals surface area contributed by atoms with Gasteiger partial charge in [0.15, 0.2) is 0 Å². The van der Waals surface area contributed by atoms with Crippen molar-refractivity contribution < 1.29 is 4.39 Å². The minimum Gasteiger partial charge on any atom is -0.310 e. The van der Waals surface area contributed by atoms with Crippen LogP contribution < -0.4 is 5.32 Å². The molecule has 1 aromatic carbocycles. The first-order valence-corrected chi connectivity index (χ1v) is 7.49. The van der Waals surface area contributed by atoms with Gasteiger partial charge in [-0.05, 0) is 61.3 Å². The fraction of sp³-hybridized carbons (Fsp3) is 0.312. The summed E-state index contributed by atoms with van der Waals surface area (Å²) in [6.45, 7) is 4.91. The van der Waals surface area contributed by atoms with Crippen molar-refractivity contribution in [1.29, 1.82) is 0 Å². The van der Waals surface area contributed by atoms with E-state index in [1.54, 1.807) is 12.1 Å². The van der Waals surface area contributed by atoms with Gasteiger partial charge >= 0.3 is 0 Å². The second kappa shape index (κ2) is 6.95. The van der Waals surface area contributed by atoms with Crippen molar-refractivity contribution in [2.75, 3.05) is 6.54 Å². The SMILES string of the molecule is CCNC(Cc1cc(F)ccc1Br)c1ccnc(C)c1. The van der Waals surface area contributed by atoms with E-state index in [1.807, 2.05) is 19.2 Å². The number of pyridine rings is 1. The van der Waals surface area contributed by atoms with Crippen LogP contribution in [0.1, 0.15) is 29.8 Å². The molecule has 1 unspecified atom stereocenters. The first kappa shape index (κ1) is 15.1. The number of rotatable bonds is 5. The van der Waals surface area contributed by atoms with Crippen LogP contribution in [0.4, 0.5) is 4.39 Å². The summed E-state index contributed by atoms with van der Waals surface area (Å²) in [6.07, 6.45) is 2.55. The summed E-state index contributed by atoms with van der Waals surface area (Å²) in [5, 5.41) is 3.45. The summed E-state index contributed by atoms with van der Waals surface area (Å²) in [4.78, 5) is 4.22. The number of hydrogen-bond donors (Lipinski definition) is 1. The second-order valence-electron chi connectivity index (χ2n) is 4.78. The van der Waals surface area contributed by atoms with Gasteiger partial charge in [-0.25, -0.2) is 4.39 Å². The van der Waals surface area contributed by atoms with E-state index in [-0.39, 0.29) is 11.9 Å². The first-order chi connectivity index (χ1) is 9.60. The molecule has 2 nitrogen and oxygen atoms in total. The van der Waals surface area contributed by atoms with Crippen molar-refractivity contribution in [3.05, 3.63) is 63.6 Å². The van der Waals surface area contributed by atoms with E-state index in [0.717, 1.165) is 28.7 Å². The fourth-order valence-corrected chi connectivity index (χ4v) is 2.67. The summed E-state index contributed by atoms with van der Waals surface area (Å²) in [5.74, 6) is -0.204. The van der Waals surface area contributed by atoms with E-state index in [0.29, 0.717) is 0 Å². The van der Waals surface area contributed by atoms with Crippen LogP contribution in [0.5, 0.6) is 0 Å². The van der Waals surface area contributed by atoms with Crippen LogP contribution in [-0.2, 0) is 6.42 Å². The molecule has 4 heteroatoms. The van der Waals surface area contributed by atoms with Gasteiger partial charge < -0.3 is 5.32 Å². The second-order valence-corrected chi connectivity index (χ2v) is 5.64. The van der Waals surface area contributed by atoms with Crippen LogP contribution in [0.25, 0.3) is 0 Å².